The number of carbonyl (C=O) groups excluding carboxylic acids is 3. The van der Waals surface area contributed by atoms with Crippen LogP contribution in [0.5, 0.6) is 0 Å². The van der Waals surface area contributed by atoms with Gasteiger partial charge in [-0.1, -0.05) is 302 Å². The van der Waals surface area contributed by atoms with Crippen LogP contribution in [0, 0.1) is 0 Å². The van der Waals surface area contributed by atoms with Crippen LogP contribution >= 0.6 is 0 Å². The summed E-state index contributed by atoms with van der Waals surface area (Å²) >= 11 is 0. The van der Waals surface area contributed by atoms with Gasteiger partial charge in [-0.15, -0.1) is 0 Å². The molecule has 0 N–H and O–H groups in total. The van der Waals surface area contributed by atoms with E-state index >= 15 is 0 Å². The summed E-state index contributed by atoms with van der Waals surface area (Å²) in [5.41, 5.74) is 0. The molecule has 430 valence electrons. The van der Waals surface area contributed by atoms with Crippen molar-refractivity contribution in [3.05, 3.63) is 24.3 Å². The highest BCUT2D eigenvalue weighted by molar-refractivity contribution is 5.71. The molecule has 0 fully saturated rings. The van der Waals surface area contributed by atoms with E-state index in [2.05, 4.69) is 45.1 Å². The fraction of sp³-hybridized carbons (Fsp3) is 0.896. The van der Waals surface area contributed by atoms with Crippen molar-refractivity contribution in [1.82, 2.24) is 0 Å². The molecule has 6 nitrogen and oxygen atoms in total. The first kappa shape index (κ1) is 70.9. The standard InChI is InChI=1S/C67H126O6/c1-4-7-10-13-16-19-22-25-26-27-28-29-30-31-32-33-34-35-36-37-38-39-40-43-45-48-51-54-57-60-66(69)72-63-64(73-67(70)61-58-55-52-49-46-42-24-21-18-15-12-9-6-3)62-71-65(68)59-56-53-50-47-44-41-23-20-17-14-11-8-5-2/h20-21,23-24,64H,4-19,22,25-63H2,1-3H3/b23-20-,24-21-. The lowest BCUT2D eigenvalue weighted by molar-refractivity contribution is -0.167. The van der Waals surface area contributed by atoms with Gasteiger partial charge in [0.2, 0.25) is 0 Å². The number of esters is 3. The van der Waals surface area contributed by atoms with E-state index in [4.69, 9.17) is 14.2 Å². The van der Waals surface area contributed by atoms with Crippen LogP contribution in [-0.4, -0.2) is 37.2 Å². The second-order valence-corrected chi connectivity index (χ2v) is 22.4. The third-order valence-corrected chi connectivity index (χ3v) is 14.9. The summed E-state index contributed by atoms with van der Waals surface area (Å²) in [7, 11) is 0. The van der Waals surface area contributed by atoms with E-state index in [9.17, 15) is 14.4 Å². The van der Waals surface area contributed by atoms with Gasteiger partial charge in [0.15, 0.2) is 6.10 Å². The molecule has 0 aliphatic carbocycles. The highest BCUT2D eigenvalue weighted by Crippen LogP contribution is 2.18. The number of carbonyl (C=O) groups is 3. The van der Waals surface area contributed by atoms with Crippen molar-refractivity contribution in [3.63, 3.8) is 0 Å². The summed E-state index contributed by atoms with van der Waals surface area (Å²) in [6.07, 6.45) is 75.0. The van der Waals surface area contributed by atoms with E-state index in [0.717, 1.165) is 70.6 Å². The highest BCUT2D eigenvalue weighted by Gasteiger charge is 2.19. The molecule has 0 radical (unpaired) electrons. The molecule has 0 aliphatic heterocycles. The van der Waals surface area contributed by atoms with Crippen LogP contribution in [0.1, 0.15) is 367 Å². The van der Waals surface area contributed by atoms with Crippen molar-refractivity contribution in [1.29, 1.82) is 0 Å². The molecule has 1 unspecified atom stereocenters. The zero-order valence-electron chi connectivity index (χ0n) is 49.4. The molecule has 0 aliphatic rings. The van der Waals surface area contributed by atoms with E-state index in [1.165, 1.54) is 257 Å². The zero-order valence-corrected chi connectivity index (χ0v) is 49.4. The summed E-state index contributed by atoms with van der Waals surface area (Å²) in [5, 5.41) is 0. The molecule has 0 heterocycles. The number of ether oxygens (including phenoxy) is 3. The molecule has 0 aromatic heterocycles. The molecule has 0 saturated heterocycles. The Balaban J connectivity index is 4.11. The first-order chi connectivity index (χ1) is 36.0. The van der Waals surface area contributed by atoms with E-state index in [1.807, 2.05) is 0 Å². The molecular formula is C67H126O6. The van der Waals surface area contributed by atoms with Gasteiger partial charge in [0.05, 0.1) is 0 Å². The maximum atomic E-state index is 12.8. The molecule has 6 heteroatoms. The number of allylic oxidation sites excluding steroid dienone is 4. The Kier molecular flexibility index (Phi) is 60.6. The van der Waals surface area contributed by atoms with Crippen molar-refractivity contribution in [2.75, 3.05) is 13.2 Å². The van der Waals surface area contributed by atoms with Crippen LogP contribution in [0.3, 0.4) is 0 Å². The van der Waals surface area contributed by atoms with Gasteiger partial charge in [0, 0.05) is 19.3 Å². The number of rotatable bonds is 61. The maximum absolute atomic E-state index is 12.8. The highest BCUT2D eigenvalue weighted by atomic mass is 16.6. The Morgan fingerprint density at radius 1 is 0.260 bits per heavy atom. The second-order valence-electron chi connectivity index (χ2n) is 22.4. The first-order valence-electron chi connectivity index (χ1n) is 32.8. The largest absolute Gasteiger partial charge is 0.462 e. The summed E-state index contributed by atoms with van der Waals surface area (Å²) in [6, 6.07) is 0. The summed E-state index contributed by atoms with van der Waals surface area (Å²) in [5.74, 6) is -0.868. The van der Waals surface area contributed by atoms with Crippen molar-refractivity contribution in [3.8, 4) is 0 Å². The molecule has 0 bridgehead atoms. The lowest BCUT2D eigenvalue weighted by atomic mass is 10.0. The van der Waals surface area contributed by atoms with E-state index in [-0.39, 0.29) is 31.1 Å². The molecule has 73 heavy (non-hydrogen) atoms. The zero-order chi connectivity index (χ0) is 52.9. The van der Waals surface area contributed by atoms with Gasteiger partial charge in [-0.3, -0.25) is 14.4 Å². The van der Waals surface area contributed by atoms with Gasteiger partial charge in [0.25, 0.3) is 0 Å². The van der Waals surface area contributed by atoms with Crippen molar-refractivity contribution in [2.24, 2.45) is 0 Å². The minimum absolute atomic E-state index is 0.0727. The van der Waals surface area contributed by atoms with Gasteiger partial charge in [0.1, 0.15) is 13.2 Å². The molecule has 1 atom stereocenters. The third-order valence-electron chi connectivity index (χ3n) is 14.9. The van der Waals surface area contributed by atoms with Crippen molar-refractivity contribution in [2.45, 2.75) is 374 Å². The topological polar surface area (TPSA) is 78.9 Å². The molecule has 0 amide bonds. The third kappa shape index (κ3) is 60.6. The molecule has 0 saturated carbocycles. The van der Waals surface area contributed by atoms with Gasteiger partial charge >= 0.3 is 17.9 Å². The fourth-order valence-corrected chi connectivity index (χ4v) is 9.97. The molecule has 0 aromatic rings. The lowest BCUT2D eigenvalue weighted by Gasteiger charge is -2.18. The summed E-state index contributed by atoms with van der Waals surface area (Å²) < 4.78 is 16.9. The van der Waals surface area contributed by atoms with Gasteiger partial charge in [-0.25, -0.2) is 0 Å². The summed E-state index contributed by atoms with van der Waals surface area (Å²) in [6.45, 7) is 6.65. The maximum Gasteiger partial charge on any atom is 0.306 e. The summed E-state index contributed by atoms with van der Waals surface area (Å²) in [4.78, 5) is 38.2. The Bertz CT molecular complexity index is 1180. The Hall–Kier alpha value is -2.11. The van der Waals surface area contributed by atoms with E-state index in [0.29, 0.717) is 19.3 Å². The van der Waals surface area contributed by atoms with Crippen LogP contribution in [-0.2, 0) is 28.6 Å². The van der Waals surface area contributed by atoms with Crippen LogP contribution < -0.4 is 0 Å². The molecule has 0 aromatic carbocycles. The van der Waals surface area contributed by atoms with Gasteiger partial charge in [-0.05, 0) is 70.6 Å². The second kappa shape index (κ2) is 62.4. The van der Waals surface area contributed by atoms with Gasteiger partial charge < -0.3 is 14.2 Å². The van der Waals surface area contributed by atoms with Crippen LogP contribution in [0.4, 0.5) is 0 Å². The normalized spacial score (nSPS) is 12.1. The van der Waals surface area contributed by atoms with Crippen LogP contribution in [0.15, 0.2) is 24.3 Å². The number of hydrogen-bond donors (Lipinski definition) is 0. The Morgan fingerprint density at radius 3 is 0.699 bits per heavy atom. The molecular weight excluding hydrogens is 901 g/mol. The number of hydrogen-bond acceptors (Lipinski definition) is 6. The smallest absolute Gasteiger partial charge is 0.306 e. The predicted molar refractivity (Wildman–Crippen MR) is 316 cm³/mol. The van der Waals surface area contributed by atoms with E-state index < -0.39 is 6.10 Å². The molecule has 0 rings (SSSR count). The van der Waals surface area contributed by atoms with Crippen LogP contribution in [0.25, 0.3) is 0 Å². The average molecular weight is 1030 g/mol. The SMILES string of the molecule is CCCCCC/C=C\CCCCCCCC(=O)OCC(COC(=O)CCCCCCCCCCCCCCCCCCCCCCCCCCCCCCC)OC(=O)CCCCCCC/C=C\CCCCCC. The number of unbranched alkanes of at least 4 members (excludes halogenated alkanes) is 46. The monoisotopic (exact) mass is 1030 g/mol. The minimum Gasteiger partial charge on any atom is -0.462 e. The Morgan fingerprint density at radius 2 is 0.452 bits per heavy atom. The minimum atomic E-state index is -0.776. The average Bonchev–Trinajstić information content (AvgIpc) is 3.39. The van der Waals surface area contributed by atoms with Crippen LogP contribution in [0.2, 0.25) is 0 Å². The quantitative estimate of drug-likeness (QED) is 0.0261. The van der Waals surface area contributed by atoms with Gasteiger partial charge in [-0.2, -0.15) is 0 Å². The predicted octanol–water partition coefficient (Wildman–Crippen LogP) is 22.2. The fourth-order valence-electron chi connectivity index (χ4n) is 9.97. The first-order valence-corrected chi connectivity index (χ1v) is 32.8. The van der Waals surface area contributed by atoms with Crippen molar-refractivity contribution >= 4 is 17.9 Å². The lowest BCUT2D eigenvalue weighted by Crippen LogP contribution is -2.30. The Labute approximate surface area is 455 Å². The van der Waals surface area contributed by atoms with Crippen molar-refractivity contribution < 1.29 is 28.6 Å². The molecule has 0 spiro atoms. The van der Waals surface area contributed by atoms with E-state index in [1.54, 1.807) is 0 Å².